The number of anilines is 1. The van der Waals surface area contributed by atoms with Crippen LogP contribution in [0.1, 0.15) is 5.56 Å². The number of halogens is 2. The number of nitrogens with zero attached hydrogens (tertiary/aromatic N) is 1. The molecule has 0 aliphatic rings. The fourth-order valence-corrected chi connectivity index (χ4v) is 2.57. The summed E-state index contributed by atoms with van der Waals surface area (Å²) in [5, 5.41) is 1.88. The molecule has 1 N–H and O–H groups in total. The third kappa shape index (κ3) is 4.52. The standard InChI is InChI=1S/C13H10Cl2N2O2S/c14-11-3-1-10(2-4-11)6-8-20(18,19)17-12-5-7-16-13(15)9-12/h1-9H,(H,16,17)/b8-6+. The van der Waals surface area contributed by atoms with Gasteiger partial charge in [0.05, 0.1) is 11.1 Å². The molecule has 2 rings (SSSR count). The average Bonchev–Trinajstić information content (AvgIpc) is 2.37. The maximum Gasteiger partial charge on any atom is 0.255 e. The Bertz CT molecular complexity index is 728. The van der Waals surface area contributed by atoms with E-state index in [1.54, 1.807) is 24.3 Å². The molecule has 0 aliphatic carbocycles. The minimum atomic E-state index is -3.61. The van der Waals surface area contributed by atoms with E-state index in [4.69, 9.17) is 23.2 Å². The van der Waals surface area contributed by atoms with Crippen LogP contribution in [0.5, 0.6) is 0 Å². The van der Waals surface area contributed by atoms with Gasteiger partial charge in [0.15, 0.2) is 0 Å². The smallest absolute Gasteiger partial charge is 0.255 e. The van der Waals surface area contributed by atoms with Gasteiger partial charge in [0.25, 0.3) is 10.0 Å². The number of nitrogens with one attached hydrogen (secondary N) is 1. The molecule has 0 aliphatic heterocycles. The summed E-state index contributed by atoms with van der Waals surface area (Å²) >= 11 is 11.4. The first kappa shape index (κ1) is 14.8. The first-order valence-corrected chi connectivity index (χ1v) is 7.83. The Kier molecular flexibility index (Phi) is 4.65. The van der Waals surface area contributed by atoms with Crippen LogP contribution in [0, 0.1) is 0 Å². The molecule has 104 valence electrons. The van der Waals surface area contributed by atoms with Gasteiger partial charge < -0.3 is 0 Å². The zero-order valence-electron chi connectivity index (χ0n) is 10.1. The molecule has 2 aromatic rings. The van der Waals surface area contributed by atoms with Crippen molar-refractivity contribution in [1.82, 2.24) is 4.98 Å². The van der Waals surface area contributed by atoms with Crippen molar-refractivity contribution in [2.45, 2.75) is 0 Å². The van der Waals surface area contributed by atoms with Crippen LogP contribution in [0.3, 0.4) is 0 Å². The third-order valence-electron chi connectivity index (χ3n) is 2.30. The Morgan fingerprint density at radius 3 is 2.45 bits per heavy atom. The predicted molar refractivity (Wildman–Crippen MR) is 82.3 cm³/mol. The first-order chi connectivity index (χ1) is 9.44. The molecular formula is C13H10Cl2N2O2S. The van der Waals surface area contributed by atoms with E-state index in [1.165, 1.54) is 24.4 Å². The van der Waals surface area contributed by atoms with Gasteiger partial charge in [-0.25, -0.2) is 13.4 Å². The van der Waals surface area contributed by atoms with E-state index in [0.29, 0.717) is 10.7 Å². The highest BCUT2D eigenvalue weighted by atomic mass is 35.5. The number of pyridine rings is 1. The van der Waals surface area contributed by atoms with Crippen molar-refractivity contribution in [3.8, 4) is 0 Å². The second-order valence-corrected chi connectivity index (χ2v) is 6.26. The van der Waals surface area contributed by atoms with Gasteiger partial charge in [0, 0.05) is 11.2 Å². The molecule has 1 aromatic heterocycles. The summed E-state index contributed by atoms with van der Waals surface area (Å²) < 4.78 is 26.1. The highest BCUT2D eigenvalue weighted by Crippen LogP contribution is 2.15. The highest BCUT2D eigenvalue weighted by molar-refractivity contribution is 7.95. The van der Waals surface area contributed by atoms with Crippen LogP contribution in [0.15, 0.2) is 48.0 Å². The molecule has 0 saturated heterocycles. The van der Waals surface area contributed by atoms with Crippen LogP contribution >= 0.6 is 23.2 Å². The fourth-order valence-electron chi connectivity index (χ4n) is 1.41. The van der Waals surface area contributed by atoms with Crippen molar-refractivity contribution in [3.63, 3.8) is 0 Å². The summed E-state index contributed by atoms with van der Waals surface area (Å²) in [6, 6.07) is 9.75. The SMILES string of the molecule is O=S(=O)(/C=C/c1ccc(Cl)cc1)Nc1ccnc(Cl)c1. The Hall–Kier alpha value is -1.56. The second-order valence-electron chi connectivity index (χ2n) is 3.87. The van der Waals surface area contributed by atoms with Crippen molar-refractivity contribution >= 4 is 45.0 Å². The van der Waals surface area contributed by atoms with Crippen molar-refractivity contribution in [3.05, 3.63) is 63.7 Å². The molecule has 4 nitrogen and oxygen atoms in total. The lowest BCUT2D eigenvalue weighted by atomic mass is 10.2. The van der Waals surface area contributed by atoms with Gasteiger partial charge in [-0.05, 0) is 35.9 Å². The van der Waals surface area contributed by atoms with E-state index >= 15 is 0 Å². The predicted octanol–water partition coefficient (Wildman–Crippen LogP) is 3.80. The summed E-state index contributed by atoms with van der Waals surface area (Å²) in [4.78, 5) is 3.77. The van der Waals surface area contributed by atoms with E-state index < -0.39 is 10.0 Å². The molecule has 0 unspecified atom stereocenters. The number of hydrogen-bond acceptors (Lipinski definition) is 3. The lowest BCUT2D eigenvalue weighted by Gasteiger charge is -2.04. The van der Waals surface area contributed by atoms with Gasteiger partial charge in [-0.1, -0.05) is 35.3 Å². The zero-order valence-corrected chi connectivity index (χ0v) is 12.5. The van der Waals surface area contributed by atoms with Crippen molar-refractivity contribution < 1.29 is 8.42 Å². The van der Waals surface area contributed by atoms with Gasteiger partial charge in [-0.2, -0.15) is 0 Å². The Labute approximate surface area is 127 Å². The van der Waals surface area contributed by atoms with Gasteiger partial charge in [0.1, 0.15) is 5.15 Å². The van der Waals surface area contributed by atoms with Crippen LogP contribution in [0.4, 0.5) is 5.69 Å². The van der Waals surface area contributed by atoms with E-state index in [9.17, 15) is 8.42 Å². The Morgan fingerprint density at radius 1 is 1.10 bits per heavy atom. The summed E-state index contributed by atoms with van der Waals surface area (Å²) in [6.07, 6.45) is 2.89. The summed E-state index contributed by atoms with van der Waals surface area (Å²) in [5.74, 6) is 0. The number of hydrogen-bond donors (Lipinski definition) is 1. The number of rotatable bonds is 4. The fraction of sp³-hybridized carbons (Fsp3) is 0. The largest absolute Gasteiger partial charge is 0.280 e. The van der Waals surface area contributed by atoms with Crippen molar-refractivity contribution in [1.29, 1.82) is 0 Å². The number of benzene rings is 1. The number of aromatic nitrogens is 1. The lowest BCUT2D eigenvalue weighted by Crippen LogP contribution is -2.08. The normalized spacial score (nSPS) is 11.7. The van der Waals surface area contributed by atoms with E-state index in [0.717, 1.165) is 11.0 Å². The summed E-state index contributed by atoms with van der Waals surface area (Å²) in [6.45, 7) is 0. The molecule has 0 spiro atoms. The molecule has 0 fully saturated rings. The molecular weight excluding hydrogens is 319 g/mol. The minimum absolute atomic E-state index is 0.215. The van der Waals surface area contributed by atoms with Gasteiger partial charge in [-0.15, -0.1) is 0 Å². The first-order valence-electron chi connectivity index (χ1n) is 5.53. The quantitative estimate of drug-likeness (QED) is 0.868. The second kappa shape index (κ2) is 6.26. The van der Waals surface area contributed by atoms with Crippen LogP contribution in [-0.2, 0) is 10.0 Å². The molecule has 0 atom stereocenters. The maximum absolute atomic E-state index is 11.9. The zero-order chi connectivity index (χ0) is 14.6. The molecule has 1 heterocycles. The van der Waals surface area contributed by atoms with Crippen LogP contribution < -0.4 is 4.72 Å². The van der Waals surface area contributed by atoms with Crippen LogP contribution in [-0.4, -0.2) is 13.4 Å². The molecule has 20 heavy (non-hydrogen) atoms. The molecule has 0 saturated carbocycles. The van der Waals surface area contributed by atoms with Crippen LogP contribution in [0.25, 0.3) is 6.08 Å². The molecule has 0 radical (unpaired) electrons. The van der Waals surface area contributed by atoms with Gasteiger partial charge >= 0.3 is 0 Å². The average molecular weight is 329 g/mol. The Balaban J connectivity index is 2.13. The molecule has 1 aromatic carbocycles. The molecule has 7 heteroatoms. The van der Waals surface area contributed by atoms with E-state index in [-0.39, 0.29) is 5.15 Å². The van der Waals surface area contributed by atoms with Crippen LogP contribution in [0.2, 0.25) is 10.2 Å². The number of sulfonamides is 1. The van der Waals surface area contributed by atoms with Crippen molar-refractivity contribution in [2.24, 2.45) is 0 Å². The van der Waals surface area contributed by atoms with E-state index in [2.05, 4.69) is 9.71 Å². The topological polar surface area (TPSA) is 59.1 Å². The summed E-state index contributed by atoms with van der Waals surface area (Å²) in [5.41, 5.74) is 1.08. The minimum Gasteiger partial charge on any atom is -0.280 e. The van der Waals surface area contributed by atoms with Gasteiger partial charge in [-0.3, -0.25) is 4.72 Å². The Morgan fingerprint density at radius 2 is 1.80 bits per heavy atom. The molecule has 0 bridgehead atoms. The molecule has 0 amide bonds. The van der Waals surface area contributed by atoms with E-state index in [1.807, 2.05) is 0 Å². The maximum atomic E-state index is 11.9. The highest BCUT2D eigenvalue weighted by Gasteiger charge is 2.06. The third-order valence-corrected chi connectivity index (χ3v) is 3.77. The summed E-state index contributed by atoms with van der Waals surface area (Å²) in [7, 11) is -3.61. The van der Waals surface area contributed by atoms with Crippen molar-refractivity contribution in [2.75, 3.05) is 4.72 Å². The monoisotopic (exact) mass is 328 g/mol. The van der Waals surface area contributed by atoms with Gasteiger partial charge in [0.2, 0.25) is 0 Å². The lowest BCUT2D eigenvalue weighted by molar-refractivity contribution is 0.609.